The van der Waals surface area contributed by atoms with Crippen molar-refractivity contribution in [2.75, 3.05) is 33.9 Å². The Kier molecular flexibility index (Phi) is 3.73. The monoisotopic (exact) mass is 177 g/mol. The smallest absolute Gasteiger partial charge is 0.0760 e. The lowest BCUT2D eigenvalue weighted by Gasteiger charge is -2.14. The van der Waals surface area contributed by atoms with Gasteiger partial charge >= 0.3 is 0 Å². The van der Waals surface area contributed by atoms with E-state index in [4.69, 9.17) is 9.26 Å². The second-order valence-electron chi connectivity index (χ2n) is 3.09. The van der Waals surface area contributed by atoms with Crippen molar-refractivity contribution < 1.29 is 9.26 Å². The van der Waals surface area contributed by atoms with Gasteiger partial charge in [0.05, 0.1) is 12.7 Å². The van der Waals surface area contributed by atoms with Crippen LogP contribution in [0.15, 0.2) is 0 Å². The fourth-order valence-electron chi connectivity index (χ4n) is 1.60. The van der Waals surface area contributed by atoms with Crippen LogP contribution < -0.4 is 0 Å². The number of hydrogen-bond acceptors (Lipinski definition) is 3. The molecule has 0 N–H and O–H groups in total. The zero-order chi connectivity index (χ0) is 8.27. The van der Waals surface area contributed by atoms with Crippen LogP contribution in [0.4, 0.5) is 0 Å². The van der Waals surface area contributed by atoms with E-state index in [0.717, 1.165) is 19.7 Å². The van der Waals surface area contributed by atoms with Crippen molar-refractivity contribution in [3.05, 3.63) is 0 Å². The van der Waals surface area contributed by atoms with Gasteiger partial charge < -0.3 is 14.2 Å². The molecule has 1 heterocycles. The van der Waals surface area contributed by atoms with Gasteiger partial charge in [0.25, 0.3) is 0 Å². The first-order chi connectivity index (χ1) is 5.27. The lowest BCUT2D eigenvalue weighted by molar-refractivity contribution is 0.0643. The third kappa shape index (κ3) is 2.38. The molecular weight excluding hydrogens is 161 g/mol. The Balaban J connectivity index is 2.37. The van der Waals surface area contributed by atoms with Crippen molar-refractivity contribution in [2.45, 2.75) is 6.10 Å². The molecule has 11 heavy (non-hydrogen) atoms. The number of likely N-dealkylation sites (N-methyl/N-ethyl adjacent to an activating group) is 1. The van der Waals surface area contributed by atoms with Crippen LogP contribution in [0.1, 0.15) is 0 Å². The summed E-state index contributed by atoms with van der Waals surface area (Å²) in [6.07, 6.45) is 0.348. The van der Waals surface area contributed by atoms with Gasteiger partial charge in [0.1, 0.15) is 0 Å². The Bertz CT molecular complexity index is 123. The molecule has 0 spiro atoms. The van der Waals surface area contributed by atoms with E-state index in [-0.39, 0.29) is 0 Å². The highest BCUT2D eigenvalue weighted by atomic mass is 31.0. The zero-order valence-electron chi connectivity index (χ0n) is 7.12. The van der Waals surface area contributed by atoms with Crippen LogP contribution in [-0.2, 0) is 9.26 Å². The average Bonchev–Trinajstić information content (AvgIpc) is 2.32. The molecule has 0 saturated carbocycles. The molecule has 3 atom stereocenters. The van der Waals surface area contributed by atoms with Gasteiger partial charge in [0.2, 0.25) is 0 Å². The Hall–Kier alpha value is 0.310. The minimum Gasteiger partial charge on any atom is -0.380 e. The molecule has 0 aromatic heterocycles. The summed E-state index contributed by atoms with van der Waals surface area (Å²) in [6.45, 7) is 2.87. The lowest BCUT2D eigenvalue weighted by atomic mass is 10.1. The van der Waals surface area contributed by atoms with Crippen LogP contribution in [-0.4, -0.2) is 44.9 Å². The highest BCUT2D eigenvalue weighted by molar-refractivity contribution is 7.09. The Labute approximate surface area is 70.3 Å². The van der Waals surface area contributed by atoms with Crippen LogP contribution in [0.25, 0.3) is 0 Å². The predicted octanol–water partition coefficient (Wildman–Crippen LogP) is 0.370. The molecule has 3 unspecified atom stereocenters. The molecule has 0 bridgehead atoms. The fourth-order valence-corrected chi connectivity index (χ4v) is 1.85. The molecule has 1 aliphatic rings. The first kappa shape index (κ1) is 9.40. The maximum Gasteiger partial charge on any atom is 0.0760 e. The molecule has 1 aliphatic heterocycles. The lowest BCUT2D eigenvalue weighted by Crippen LogP contribution is -2.23. The minimum absolute atomic E-state index is 0.348. The summed E-state index contributed by atoms with van der Waals surface area (Å²) in [5.74, 6) is 0.530. The highest BCUT2D eigenvalue weighted by Gasteiger charge is 2.30. The third-order valence-electron chi connectivity index (χ3n) is 2.18. The van der Waals surface area contributed by atoms with Crippen LogP contribution in [0.3, 0.4) is 0 Å². The molecule has 1 fully saturated rings. The van der Waals surface area contributed by atoms with E-state index in [0.29, 0.717) is 12.0 Å². The van der Waals surface area contributed by atoms with Gasteiger partial charge in [-0.25, -0.2) is 0 Å². The number of nitrogens with zero attached hydrogens (tertiary/aromatic N) is 1. The maximum absolute atomic E-state index is 5.32. The van der Waals surface area contributed by atoms with Gasteiger partial charge in [-0.1, -0.05) is 0 Å². The van der Waals surface area contributed by atoms with E-state index in [9.17, 15) is 0 Å². The summed E-state index contributed by atoms with van der Waals surface area (Å²) in [7, 11) is 6.15. The quantitative estimate of drug-likeness (QED) is 0.581. The van der Waals surface area contributed by atoms with Gasteiger partial charge in [-0.3, -0.25) is 0 Å². The Morgan fingerprint density at radius 3 is 2.82 bits per heavy atom. The van der Waals surface area contributed by atoms with Crippen LogP contribution in [0, 0.1) is 5.92 Å². The number of ether oxygens (including phenoxy) is 1. The zero-order valence-corrected chi connectivity index (χ0v) is 8.27. The SMILES string of the molecule is COC1CN(C)CC1COP. The standard InChI is InChI=1S/C7H16NO2P/c1-8-3-6(5-10-11)7(4-8)9-2/h6-7H,3-5,11H2,1-2H3. The van der Waals surface area contributed by atoms with Gasteiger partial charge in [-0.2, -0.15) is 0 Å². The van der Waals surface area contributed by atoms with Crippen molar-refractivity contribution in [1.29, 1.82) is 0 Å². The maximum atomic E-state index is 5.32. The topological polar surface area (TPSA) is 21.7 Å². The molecular formula is C7H16NO2P. The van der Waals surface area contributed by atoms with Crippen LogP contribution in [0.5, 0.6) is 0 Å². The molecule has 4 heteroatoms. The first-order valence-electron chi connectivity index (χ1n) is 3.81. The van der Waals surface area contributed by atoms with Crippen LogP contribution >= 0.6 is 9.47 Å². The van der Waals surface area contributed by atoms with Crippen molar-refractivity contribution in [1.82, 2.24) is 4.90 Å². The number of methoxy groups -OCH3 is 1. The molecule has 1 rings (SSSR count). The van der Waals surface area contributed by atoms with Gasteiger partial charge in [0.15, 0.2) is 0 Å². The van der Waals surface area contributed by atoms with Gasteiger partial charge in [-0.15, -0.1) is 0 Å². The van der Waals surface area contributed by atoms with Gasteiger partial charge in [0, 0.05) is 35.6 Å². The molecule has 0 aromatic rings. The van der Waals surface area contributed by atoms with Crippen molar-refractivity contribution in [2.24, 2.45) is 5.92 Å². The first-order valence-corrected chi connectivity index (χ1v) is 4.28. The largest absolute Gasteiger partial charge is 0.380 e. The van der Waals surface area contributed by atoms with Crippen LogP contribution in [0.2, 0.25) is 0 Å². The Morgan fingerprint density at radius 1 is 1.55 bits per heavy atom. The normalized spacial score (nSPS) is 33.0. The van der Waals surface area contributed by atoms with Crippen molar-refractivity contribution in [3.8, 4) is 0 Å². The van der Waals surface area contributed by atoms with E-state index in [1.165, 1.54) is 0 Å². The fraction of sp³-hybridized carbons (Fsp3) is 1.00. The molecule has 0 aliphatic carbocycles. The summed E-state index contributed by atoms with van der Waals surface area (Å²) in [5.41, 5.74) is 0. The third-order valence-corrected chi connectivity index (χ3v) is 2.37. The molecule has 0 amide bonds. The van der Waals surface area contributed by atoms with Crippen molar-refractivity contribution in [3.63, 3.8) is 0 Å². The van der Waals surface area contributed by atoms with E-state index in [2.05, 4.69) is 21.4 Å². The summed E-state index contributed by atoms with van der Waals surface area (Å²) in [6, 6.07) is 0. The van der Waals surface area contributed by atoms with Gasteiger partial charge in [-0.05, 0) is 7.05 Å². The predicted molar refractivity (Wildman–Crippen MR) is 47.4 cm³/mol. The molecule has 1 saturated heterocycles. The molecule has 0 aromatic carbocycles. The minimum atomic E-state index is 0.348. The highest BCUT2D eigenvalue weighted by Crippen LogP contribution is 2.18. The van der Waals surface area contributed by atoms with E-state index in [1.54, 1.807) is 7.11 Å². The number of likely N-dealkylation sites (tertiary alicyclic amines) is 1. The second kappa shape index (κ2) is 4.36. The number of hydrogen-bond donors (Lipinski definition) is 0. The summed E-state index contributed by atoms with van der Waals surface area (Å²) in [4.78, 5) is 2.27. The van der Waals surface area contributed by atoms with E-state index in [1.807, 2.05) is 0 Å². The van der Waals surface area contributed by atoms with Crippen molar-refractivity contribution >= 4 is 9.47 Å². The molecule has 0 radical (unpaired) electrons. The second-order valence-corrected chi connectivity index (χ2v) is 3.42. The van der Waals surface area contributed by atoms with E-state index >= 15 is 0 Å². The molecule has 66 valence electrons. The van der Waals surface area contributed by atoms with E-state index < -0.39 is 0 Å². The summed E-state index contributed by atoms with van der Waals surface area (Å²) >= 11 is 0. The average molecular weight is 177 g/mol. The summed E-state index contributed by atoms with van der Waals surface area (Å²) < 4.78 is 10.3. The Morgan fingerprint density at radius 2 is 2.27 bits per heavy atom. The molecule has 3 nitrogen and oxygen atoms in total. The summed E-state index contributed by atoms with van der Waals surface area (Å²) in [5, 5.41) is 0. The number of rotatable bonds is 3.